The SMILES string of the molecule is CC(=O)c1cn(-c2cccc(Br)c2)c(C)cc1=O. The Morgan fingerprint density at radius 2 is 2.00 bits per heavy atom. The fourth-order valence-electron chi connectivity index (χ4n) is 1.80. The molecule has 18 heavy (non-hydrogen) atoms. The second-order valence-corrected chi connectivity index (χ2v) is 5.01. The Morgan fingerprint density at radius 3 is 2.61 bits per heavy atom. The molecule has 0 fully saturated rings. The molecule has 0 amide bonds. The Labute approximate surface area is 113 Å². The molecule has 3 nitrogen and oxygen atoms in total. The molecule has 0 bridgehead atoms. The first-order valence-electron chi connectivity index (χ1n) is 5.49. The third kappa shape index (κ3) is 2.43. The highest BCUT2D eigenvalue weighted by Crippen LogP contribution is 2.17. The van der Waals surface area contributed by atoms with Crippen LogP contribution in [0.3, 0.4) is 0 Å². The average Bonchev–Trinajstić information content (AvgIpc) is 2.28. The van der Waals surface area contributed by atoms with Crippen LogP contribution in [0.1, 0.15) is 23.0 Å². The molecule has 0 aliphatic rings. The third-order valence-corrected chi connectivity index (χ3v) is 3.20. The number of carbonyl (C=O) groups excluding carboxylic acids is 1. The van der Waals surface area contributed by atoms with E-state index >= 15 is 0 Å². The van der Waals surface area contributed by atoms with Crippen LogP contribution < -0.4 is 5.43 Å². The molecule has 0 saturated carbocycles. The van der Waals surface area contributed by atoms with Crippen LogP contribution in [0.25, 0.3) is 5.69 Å². The summed E-state index contributed by atoms with van der Waals surface area (Å²) in [6.45, 7) is 3.24. The zero-order valence-electron chi connectivity index (χ0n) is 10.1. The van der Waals surface area contributed by atoms with Gasteiger partial charge in [-0.1, -0.05) is 22.0 Å². The van der Waals surface area contributed by atoms with Gasteiger partial charge in [-0.3, -0.25) is 9.59 Å². The minimum atomic E-state index is -0.230. The van der Waals surface area contributed by atoms with Crippen LogP contribution in [-0.2, 0) is 0 Å². The molecule has 4 heteroatoms. The highest BCUT2D eigenvalue weighted by molar-refractivity contribution is 9.10. The van der Waals surface area contributed by atoms with Crippen molar-refractivity contribution in [2.24, 2.45) is 0 Å². The Kier molecular flexibility index (Phi) is 3.48. The van der Waals surface area contributed by atoms with Gasteiger partial charge in [0.05, 0.1) is 5.56 Å². The number of hydrogen-bond donors (Lipinski definition) is 0. The summed E-state index contributed by atoms with van der Waals surface area (Å²) in [5.41, 5.74) is 1.68. The predicted octanol–water partition coefficient (Wildman–Crippen LogP) is 3.11. The van der Waals surface area contributed by atoms with Crippen molar-refractivity contribution in [2.45, 2.75) is 13.8 Å². The zero-order valence-corrected chi connectivity index (χ0v) is 11.7. The molecular weight excluding hydrogens is 294 g/mol. The summed E-state index contributed by atoms with van der Waals surface area (Å²) >= 11 is 3.40. The van der Waals surface area contributed by atoms with Crippen molar-refractivity contribution < 1.29 is 4.79 Å². The first-order valence-corrected chi connectivity index (χ1v) is 6.28. The Balaban J connectivity index is 2.68. The summed E-state index contributed by atoms with van der Waals surface area (Å²) < 4.78 is 2.78. The lowest BCUT2D eigenvalue weighted by molar-refractivity contribution is 0.101. The number of pyridine rings is 1. The van der Waals surface area contributed by atoms with E-state index in [1.54, 1.807) is 6.20 Å². The number of aryl methyl sites for hydroxylation is 1. The number of benzene rings is 1. The minimum absolute atomic E-state index is 0.209. The van der Waals surface area contributed by atoms with Crippen LogP contribution in [0.4, 0.5) is 0 Å². The van der Waals surface area contributed by atoms with Crippen LogP contribution >= 0.6 is 15.9 Å². The van der Waals surface area contributed by atoms with Gasteiger partial charge >= 0.3 is 0 Å². The van der Waals surface area contributed by atoms with Gasteiger partial charge in [-0.2, -0.15) is 0 Å². The maximum Gasteiger partial charge on any atom is 0.192 e. The number of hydrogen-bond acceptors (Lipinski definition) is 2. The monoisotopic (exact) mass is 305 g/mol. The summed E-state index contributed by atoms with van der Waals surface area (Å²) in [5.74, 6) is -0.219. The van der Waals surface area contributed by atoms with E-state index in [2.05, 4.69) is 15.9 Å². The molecule has 0 aliphatic carbocycles. The van der Waals surface area contributed by atoms with E-state index in [9.17, 15) is 9.59 Å². The number of aromatic nitrogens is 1. The van der Waals surface area contributed by atoms with Crippen molar-refractivity contribution >= 4 is 21.7 Å². The number of halogens is 1. The summed E-state index contributed by atoms with van der Waals surface area (Å²) in [5, 5.41) is 0. The maximum atomic E-state index is 11.7. The Bertz CT molecular complexity index is 674. The van der Waals surface area contributed by atoms with Gasteiger partial charge in [0.2, 0.25) is 0 Å². The van der Waals surface area contributed by atoms with Crippen LogP contribution in [0.5, 0.6) is 0 Å². The lowest BCUT2D eigenvalue weighted by Crippen LogP contribution is -2.16. The van der Waals surface area contributed by atoms with Crippen molar-refractivity contribution in [3.8, 4) is 5.69 Å². The van der Waals surface area contributed by atoms with Crippen molar-refractivity contribution in [3.05, 3.63) is 62.5 Å². The quantitative estimate of drug-likeness (QED) is 0.800. The second-order valence-electron chi connectivity index (χ2n) is 4.10. The van der Waals surface area contributed by atoms with Gasteiger partial charge in [0, 0.05) is 28.1 Å². The van der Waals surface area contributed by atoms with E-state index in [0.29, 0.717) is 0 Å². The lowest BCUT2D eigenvalue weighted by atomic mass is 10.1. The number of carbonyl (C=O) groups is 1. The van der Waals surface area contributed by atoms with Crippen LogP contribution in [0, 0.1) is 6.92 Å². The molecule has 0 atom stereocenters. The standard InChI is InChI=1S/C14H12BrNO2/c1-9-6-14(18)13(10(2)17)8-16(9)12-5-3-4-11(15)7-12/h3-8H,1-2H3. The van der Waals surface area contributed by atoms with Crippen LogP contribution in [-0.4, -0.2) is 10.4 Å². The molecule has 1 aromatic carbocycles. The molecule has 92 valence electrons. The third-order valence-electron chi connectivity index (χ3n) is 2.71. The minimum Gasteiger partial charge on any atom is -0.320 e. The molecule has 2 rings (SSSR count). The fourth-order valence-corrected chi connectivity index (χ4v) is 2.19. The van der Waals surface area contributed by atoms with Crippen LogP contribution in [0.15, 0.2) is 45.8 Å². The smallest absolute Gasteiger partial charge is 0.192 e. The number of rotatable bonds is 2. The summed E-state index contributed by atoms with van der Waals surface area (Å²) in [6, 6.07) is 9.17. The molecule has 0 N–H and O–H groups in total. The molecule has 0 radical (unpaired) electrons. The van der Waals surface area contributed by atoms with Crippen LogP contribution in [0.2, 0.25) is 0 Å². The van der Waals surface area contributed by atoms with Crippen molar-refractivity contribution in [3.63, 3.8) is 0 Å². The van der Waals surface area contributed by atoms with E-state index in [-0.39, 0.29) is 16.8 Å². The highest BCUT2D eigenvalue weighted by atomic mass is 79.9. The molecule has 0 spiro atoms. The summed E-state index contributed by atoms with van der Waals surface area (Å²) in [7, 11) is 0. The van der Waals surface area contributed by atoms with Gasteiger partial charge in [-0.25, -0.2) is 0 Å². The van der Waals surface area contributed by atoms with E-state index in [4.69, 9.17) is 0 Å². The van der Waals surface area contributed by atoms with E-state index in [0.717, 1.165) is 15.9 Å². The van der Waals surface area contributed by atoms with Gasteiger partial charge in [-0.15, -0.1) is 0 Å². The maximum absolute atomic E-state index is 11.7. The molecule has 0 saturated heterocycles. The van der Waals surface area contributed by atoms with E-state index in [1.807, 2.05) is 35.8 Å². The number of ketones is 1. The first kappa shape index (κ1) is 12.8. The van der Waals surface area contributed by atoms with E-state index in [1.165, 1.54) is 13.0 Å². The Hall–Kier alpha value is -1.68. The zero-order chi connectivity index (χ0) is 13.3. The topological polar surface area (TPSA) is 39.1 Å². The van der Waals surface area contributed by atoms with Gasteiger partial charge in [-0.05, 0) is 32.0 Å². The van der Waals surface area contributed by atoms with Crippen molar-refractivity contribution in [2.75, 3.05) is 0 Å². The molecule has 1 aromatic heterocycles. The van der Waals surface area contributed by atoms with Gasteiger partial charge in [0.15, 0.2) is 11.2 Å². The number of Topliss-reactive ketones (excluding diaryl/α,β-unsaturated/α-hetero) is 1. The first-order chi connectivity index (χ1) is 8.49. The summed E-state index contributed by atoms with van der Waals surface area (Å²) in [4.78, 5) is 23.1. The molecular formula is C14H12BrNO2. The van der Waals surface area contributed by atoms with Crippen molar-refractivity contribution in [1.82, 2.24) is 4.57 Å². The normalized spacial score (nSPS) is 10.4. The fraction of sp³-hybridized carbons (Fsp3) is 0.143. The van der Waals surface area contributed by atoms with Gasteiger partial charge < -0.3 is 4.57 Å². The lowest BCUT2D eigenvalue weighted by Gasteiger charge is -2.12. The second kappa shape index (κ2) is 4.90. The Morgan fingerprint density at radius 1 is 1.28 bits per heavy atom. The molecule has 0 unspecified atom stereocenters. The average molecular weight is 306 g/mol. The highest BCUT2D eigenvalue weighted by Gasteiger charge is 2.09. The number of nitrogens with zero attached hydrogens (tertiary/aromatic N) is 1. The summed E-state index contributed by atoms with van der Waals surface area (Å²) in [6.07, 6.45) is 1.60. The molecule has 1 heterocycles. The van der Waals surface area contributed by atoms with Gasteiger partial charge in [0.1, 0.15) is 0 Å². The van der Waals surface area contributed by atoms with Crippen molar-refractivity contribution in [1.29, 1.82) is 0 Å². The predicted molar refractivity (Wildman–Crippen MR) is 74.5 cm³/mol. The van der Waals surface area contributed by atoms with Gasteiger partial charge in [0.25, 0.3) is 0 Å². The van der Waals surface area contributed by atoms with E-state index < -0.39 is 0 Å². The molecule has 0 aliphatic heterocycles. The molecule has 2 aromatic rings. The largest absolute Gasteiger partial charge is 0.320 e.